The van der Waals surface area contributed by atoms with Gasteiger partial charge in [0.1, 0.15) is 47.1 Å². The first-order chi connectivity index (χ1) is 24.0. The lowest BCUT2D eigenvalue weighted by molar-refractivity contribution is -0.663. The third kappa shape index (κ3) is 6.27. The Labute approximate surface area is 297 Å². The maximum Gasteiger partial charge on any atom is 0.352 e. The van der Waals surface area contributed by atoms with Gasteiger partial charge >= 0.3 is 5.97 Å². The van der Waals surface area contributed by atoms with E-state index in [4.69, 9.17) is 27.9 Å². The summed E-state index contributed by atoms with van der Waals surface area (Å²) in [5, 5.41) is 18.0. The Balaban J connectivity index is 1.10. The van der Waals surface area contributed by atoms with Crippen LogP contribution in [0.3, 0.4) is 0 Å². The highest BCUT2D eigenvalue weighted by molar-refractivity contribution is 8.00. The van der Waals surface area contributed by atoms with E-state index in [-0.39, 0.29) is 58.0 Å². The number of aliphatic imine (C=N–C) groups is 1. The van der Waals surface area contributed by atoms with Crippen molar-refractivity contribution in [2.75, 3.05) is 18.6 Å². The first kappa shape index (κ1) is 33.5. The largest absolute Gasteiger partial charge is 0.477 e. The van der Waals surface area contributed by atoms with Crippen molar-refractivity contribution in [3.8, 4) is 0 Å². The predicted molar refractivity (Wildman–Crippen MR) is 186 cm³/mol. The Kier molecular flexibility index (Phi) is 8.96. The lowest BCUT2D eigenvalue weighted by Gasteiger charge is -2.49. The number of nitrogens with one attached hydrogen (secondary N) is 1. The molecule has 14 nitrogen and oxygen atoms in total. The van der Waals surface area contributed by atoms with Gasteiger partial charge in [0.05, 0.1) is 12.6 Å². The number of aliphatic carboxylic acids is 1. The van der Waals surface area contributed by atoms with Crippen LogP contribution < -0.4 is 21.4 Å². The molecular formula is C32H30ClFN9O5S2+. The van der Waals surface area contributed by atoms with Crippen LogP contribution in [-0.2, 0) is 32.3 Å². The number of anilines is 1. The number of rotatable bonds is 11. The molecule has 2 aliphatic heterocycles. The zero-order chi connectivity index (χ0) is 35.3. The van der Waals surface area contributed by atoms with Crippen LogP contribution in [0.25, 0.3) is 11.0 Å². The number of oxime groups is 1. The van der Waals surface area contributed by atoms with E-state index in [0.29, 0.717) is 16.7 Å². The molecule has 5 heterocycles. The fraction of sp³-hybridized carbons (Fsp3) is 0.281. The summed E-state index contributed by atoms with van der Waals surface area (Å²) in [5.41, 5.74) is 14.4. The fourth-order valence-corrected chi connectivity index (χ4v) is 8.10. The maximum atomic E-state index is 15.3. The number of carbonyl (C=O) groups is 3. The molecule has 258 valence electrons. The van der Waals surface area contributed by atoms with Gasteiger partial charge in [0.2, 0.25) is 5.52 Å². The summed E-state index contributed by atoms with van der Waals surface area (Å²) in [6.07, 6.45) is 5.56. The summed E-state index contributed by atoms with van der Waals surface area (Å²) in [4.78, 5) is 53.5. The number of amides is 2. The number of nitrogen functional groups attached to an aromatic ring is 1. The van der Waals surface area contributed by atoms with Crippen molar-refractivity contribution >= 4 is 80.2 Å². The van der Waals surface area contributed by atoms with Gasteiger partial charge in [-0.05, 0) is 31.0 Å². The lowest BCUT2D eigenvalue weighted by Crippen LogP contribution is -2.71. The molecule has 2 fully saturated rings. The number of fused-ring (bicyclic) bond motifs is 2. The zero-order valence-corrected chi connectivity index (χ0v) is 28.8. The quantitative estimate of drug-likeness (QED) is 0.0588. The number of thiazole rings is 1. The molecule has 18 heteroatoms. The summed E-state index contributed by atoms with van der Waals surface area (Å²) in [7, 11) is 1.27. The van der Waals surface area contributed by atoms with E-state index in [0.717, 1.165) is 35.2 Å². The van der Waals surface area contributed by atoms with Crippen molar-refractivity contribution in [1.82, 2.24) is 19.8 Å². The van der Waals surface area contributed by atoms with Gasteiger partial charge in [-0.2, -0.15) is 4.57 Å². The van der Waals surface area contributed by atoms with Crippen molar-refractivity contribution in [3.05, 3.63) is 87.0 Å². The van der Waals surface area contributed by atoms with E-state index in [9.17, 15) is 19.5 Å². The zero-order valence-electron chi connectivity index (χ0n) is 26.4. The summed E-state index contributed by atoms with van der Waals surface area (Å²) in [5.74, 6) is -2.49. The topological polar surface area (TPSA) is 194 Å². The number of nitrogens with two attached hydrogens (primary N) is 2. The standard InChI is InChI=1S/C32H29ClFN9O5S2/c1-48-40-24(21-14-50-32(36)38-21)28(44)39-25-29(45)43-26(31(46)47)16(13-49-30(25)43)11-41-7-2-3-22-23(41)6-8-42(22)12-18-19(33)9-15(10-20(18)34)27(35)37-17-4-5-17/h2-3,6-10,14,17,25,30H,4-5,11-13H2,1H3,(H5-,35,36,37,38,39,44,46,47)/p+1/b40-24-/t25-,30-/m1/s1. The van der Waals surface area contributed by atoms with Crippen LogP contribution in [0, 0.1) is 5.82 Å². The Hall–Kier alpha value is -5.00. The predicted octanol–water partition coefficient (Wildman–Crippen LogP) is 2.47. The Morgan fingerprint density at radius 2 is 2.10 bits per heavy atom. The number of thioether (sulfide) groups is 1. The summed E-state index contributed by atoms with van der Waals surface area (Å²) < 4.78 is 19.1. The number of aromatic nitrogens is 3. The number of amidine groups is 1. The number of hydrogen-bond donors (Lipinski definition) is 4. The number of carboxylic acid groups (broad SMARTS) is 1. The molecule has 1 saturated heterocycles. The SMILES string of the molecule is CO/N=C(\C(=O)N[C@@H]1C(=O)N2C(C(=O)O)=C(C[n+]3cccc4c3ccn4Cc3c(F)cc(C(N)=NC4CC4)cc3Cl)CS[C@H]12)c1csc(N)n1. The smallest absolute Gasteiger partial charge is 0.352 e. The average molecular weight is 739 g/mol. The van der Waals surface area contributed by atoms with Crippen LogP contribution in [0.1, 0.15) is 29.7 Å². The van der Waals surface area contributed by atoms with Crippen LogP contribution in [0.15, 0.2) is 69.5 Å². The molecular weight excluding hydrogens is 709 g/mol. The van der Waals surface area contributed by atoms with Gasteiger partial charge in [-0.15, -0.1) is 23.1 Å². The monoisotopic (exact) mass is 738 g/mol. The van der Waals surface area contributed by atoms with Crippen LogP contribution in [-0.4, -0.2) is 79.2 Å². The van der Waals surface area contributed by atoms with Gasteiger partial charge in [-0.1, -0.05) is 16.8 Å². The van der Waals surface area contributed by atoms with Crippen LogP contribution in [0.2, 0.25) is 5.02 Å². The van der Waals surface area contributed by atoms with E-state index in [1.165, 1.54) is 35.2 Å². The van der Waals surface area contributed by atoms with E-state index in [1.807, 2.05) is 33.5 Å². The van der Waals surface area contributed by atoms with Gasteiger partial charge in [0.25, 0.3) is 11.8 Å². The highest BCUT2D eigenvalue weighted by atomic mass is 35.5. The third-order valence-electron chi connectivity index (χ3n) is 8.51. The number of carboxylic acids is 1. The molecule has 0 radical (unpaired) electrons. The Morgan fingerprint density at radius 3 is 2.78 bits per heavy atom. The van der Waals surface area contributed by atoms with Gasteiger partial charge in [0, 0.05) is 51.2 Å². The third-order valence-corrected chi connectivity index (χ3v) is 10.9. The molecule has 0 bridgehead atoms. The minimum atomic E-state index is -1.26. The molecule has 0 spiro atoms. The maximum absolute atomic E-state index is 15.3. The Bertz CT molecular complexity index is 2140. The molecule has 6 N–H and O–H groups in total. The molecule has 1 aliphatic carbocycles. The van der Waals surface area contributed by atoms with Crippen LogP contribution >= 0.6 is 34.7 Å². The number of benzene rings is 1. The van der Waals surface area contributed by atoms with Crippen molar-refractivity contribution in [3.63, 3.8) is 0 Å². The van der Waals surface area contributed by atoms with E-state index in [2.05, 4.69) is 20.4 Å². The van der Waals surface area contributed by atoms with Gasteiger partial charge in [0.15, 0.2) is 23.6 Å². The highest BCUT2D eigenvalue weighted by Crippen LogP contribution is 2.40. The molecule has 3 aromatic heterocycles. The molecule has 7 rings (SSSR count). The van der Waals surface area contributed by atoms with E-state index >= 15 is 4.39 Å². The Morgan fingerprint density at radius 1 is 1.30 bits per heavy atom. The lowest BCUT2D eigenvalue weighted by atomic mass is 10.0. The second-order valence-corrected chi connectivity index (χ2v) is 14.2. The number of halogens is 2. The molecule has 4 aromatic rings. The minimum Gasteiger partial charge on any atom is -0.477 e. The molecule has 2 atom stereocenters. The molecule has 0 unspecified atom stereocenters. The van der Waals surface area contributed by atoms with Crippen molar-refractivity contribution in [1.29, 1.82) is 0 Å². The summed E-state index contributed by atoms with van der Waals surface area (Å²) in [6.45, 7) is 0.309. The first-order valence-corrected chi connectivity index (χ1v) is 17.7. The van der Waals surface area contributed by atoms with Crippen LogP contribution in [0.5, 0.6) is 0 Å². The molecule has 3 aliphatic rings. The number of β-lactam (4-membered cyclic amide) rings is 1. The van der Waals surface area contributed by atoms with Gasteiger partial charge in [-0.3, -0.25) is 19.5 Å². The molecule has 2 amide bonds. The van der Waals surface area contributed by atoms with Gasteiger partial charge < -0.3 is 31.3 Å². The number of hydrogen-bond acceptors (Lipinski definition) is 10. The average Bonchev–Trinajstić information content (AvgIpc) is 3.64. The minimum absolute atomic E-state index is 0.135. The summed E-state index contributed by atoms with van der Waals surface area (Å²) in [6, 6.07) is 7.70. The molecule has 1 aromatic carbocycles. The van der Waals surface area contributed by atoms with E-state index < -0.39 is 35.0 Å². The molecule has 1 saturated carbocycles. The normalized spacial score (nSPS) is 19.4. The van der Waals surface area contributed by atoms with E-state index in [1.54, 1.807) is 12.3 Å². The highest BCUT2D eigenvalue weighted by Gasteiger charge is 2.55. The second kappa shape index (κ2) is 13.4. The number of nitrogens with zero attached hydrogens (tertiary/aromatic N) is 6. The second-order valence-electron chi connectivity index (χ2n) is 11.8. The van der Waals surface area contributed by atoms with Crippen molar-refractivity contribution in [2.45, 2.75) is 43.4 Å². The van der Waals surface area contributed by atoms with Gasteiger partial charge in [-0.25, -0.2) is 14.2 Å². The first-order valence-electron chi connectivity index (χ1n) is 15.4. The summed E-state index contributed by atoms with van der Waals surface area (Å²) >= 11 is 8.99. The number of pyridine rings is 1. The van der Waals surface area contributed by atoms with Crippen molar-refractivity contribution < 1.29 is 33.3 Å². The molecule has 50 heavy (non-hydrogen) atoms. The van der Waals surface area contributed by atoms with Crippen LogP contribution in [0.4, 0.5) is 9.52 Å². The van der Waals surface area contributed by atoms with Crippen molar-refractivity contribution in [2.24, 2.45) is 15.9 Å². The number of carbonyl (C=O) groups excluding carboxylic acids is 2. The fourth-order valence-electron chi connectivity index (χ4n) is 5.95.